The molecule has 2 aromatic rings. The SMILES string of the molecule is CCOC(=O)c1nnc(SCc2c(Cl)c(C)nn2CC)o1. The summed E-state index contributed by atoms with van der Waals surface area (Å²) in [6.45, 7) is 6.53. The maximum atomic E-state index is 11.4. The highest BCUT2D eigenvalue weighted by Crippen LogP contribution is 2.28. The van der Waals surface area contributed by atoms with E-state index in [0.29, 0.717) is 10.8 Å². The lowest BCUT2D eigenvalue weighted by molar-refractivity contribution is 0.0475. The highest BCUT2D eigenvalue weighted by molar-refractivity contribution is 7.98. The number of nitrogens with zero attached hydrogens (tertiary/aromatic N) is 4. The van der Waals surface area contributed by atoms with Crippen molar-refractivity contribution in [2.75, 3.05) is 6.61 Å². The zero-order valence-electron chi connectivity index (χ0n) is 11.9. The lowest BCUT2D eigenvalue weighted by atomic mass is 10.4. The molecule has 0 spiro atoms. The molecule has 0 aromatic carbocycles. The number of thioether (sulfide) groups is 1. The van der Waals surface area contributed by atoms with Crippen molar-refractivity contribution in [1.82, 2.24) is 20.0 Å². The van der Waals surface area contributed by atoms with Crippen molar-refractivity contribution in [3.63, 3.8) is 0 Å². The summed E-state index contributed by atoms with van der Waals surface area (Å²) in [6, 6.07) is 0. The monoisotopic (exact) mass is 330 g/mol. The van der Waals surface area contributed by atoms with E-state index in [-0.39, 0.29) is 17.7 Å². The van der Waals surface area contributed by atoms with Crippen LogP contribution in [0.25, 0.3) is 0 Å². The van der Waals surface area contributed by atoms with Gasteiger partial charge in [-0.05, 0) is 20.8 Å². The molecular weight excluding hydrogens is 316 g/mol. The maximum absolute atomic E-state index is 11.4. The number of ether oxygens (including phenoxy) is 1. The first-order valence-corrected chi connectivity index (χ1v) is 7.78. The molecule has 0 bridgehead atoms. The van der Waals surface area contributed by atoms with Crippen LogP contribution >= 0.6 is 23.4 Å². The third-order valence-electron chi connectivity index (χ3n) is 2.64. The number of rotatable bonds is 6. The van der Waals surface area contributed by atoms with Gasteiger partial charge in [0.2, 0.25) is 0 Å². The van der Waals surface area contributed by atoms with E-state index in [1.54, 1.807) is 6.92 Å². The van der Waals surface area contributed by atoms with Crippen molar-refractivity contribution in [3.05, 3.63) is 22.3 Å². The van der Waals surface area contributed by atoms with Crippen LogP contribution < -0.4 is 0 Å². The highest BCUT2D eigenvalue weighted by atomic mass is 35.5. The fraction of sp³-hybridized carbons (Fsp3) is 0.500. The number of hydrogen-bond donors (Lipinski definition) is 0. The van der Waals surface area contributed by atoms with E-state index in [1.807, 2.05) is 18.5 Å². The molecule has 21 heavy (non-hydrogen) atoms. The van der Waals surface area contributed by atoms with Gasteiger partial charge in [-0.15, -0.1) is 5.10 Å². The van der Waals surface area contributed by atoms with Crippen molar-refractivity contribution in [2.45, 2.75) is 38.3 Å². The Morgan fingerprint density at radius 3 is 2.86 bits per heavy atom. The molecule has 0 radical (unpaired) electrons. The van der Waals surface area contributed by atoms with E-state index in [0.717, 1.165) is 17.9 Å². The molecule has 0 aliphatic rings. The van der Waals surface area contributed by atoms with Crippen LogP contribution in [0.5, 0.6) is 0 Å². The van der Waals surface area contributed by atoms with Gasteiger partial charge in [0.1, 0.15) is 0 Å². The van der Waals surface area contributed by atoms with Gasteiger partial charge in [0.25, 0.3) is 5.22 Å². The topological polar surface area (TPSA) is 83.0 Å². The maximum Gasteiger partial charge on any atom is 0.396 e. The van der Waals surface area contributed by atoms with E-state index in [9.17, 15) is 4.79 Å². The van der Waals surface area contributed by atoms with Crippen molar-refractivity contribution in [2.24, 2.45) is 0 Å². The molecule has 0 saturated carbocycles. The summed E-state index contributed by atoms with van der Waals surface area (Å²) in [7, 11) is 0. The second-order valence-electron chi connectivity index (χ2n) is 4.04. The van der Waals surface area contributed by atoms with Gasteiger partial charge < -0.3 is 9.15 Å². The van der Waals surface area contributed by atoms with Gasteiger partial charge in [0.05, 0.1) is 23.0 Å². The Labute approximate surface area is 131 Å². The van der Waals surface area contributed by atoms with Gasteiger partial charge in [0.15, 0.2) is 0 Å². The summed E-state index contributed by atoms with van der Waals surface area (Å²) < 4.78 is 11.8. The quantitative estimate of drug-likeness (QED) is 0.594. The standard InChI is InChI=1S/C12H15ClN4O3S/c1-4-17-8(9(13)7(3)16-17)6-21-12-15-14-10(20-12)11(18)19-5-2/h4-6H2,1-3H3. The zero-order chi connectivity index (χ0) is 15.4. The molecule has 0 saturated heterocycles. The van der Waals surface area contributed by atoms with E-state index in [4.69, 9.17) is 20.8 Å². The smallest absolute Gasteiger partial charge is 0.396 e. The minimum atomic E-state index is -0.621. The molecule has 2 heterocycles. The van der Waals surface area contributed by atoms with Crippen molar-refractivity contribution in [1.29, 1.82) is 0 Å². The average molecular weight is 331 g/mol. The van der Waals surface area contributed by atoms with Crippen LogP contribution in [-0.2, 0) is 17.0 Å². The van der Waals surface area contributed by atoms with E-state index in [1.165, 1.54) is 11.8 Å². The second kappa shape index (κ2) is 6.95. The van der Waals surface area contributed by atoms with Crippen molar-refractivity contribution >= 4 is 29.3 Å². The molecule has 0 aliphatic heterocycles. The second-order valence-corrected chi connectivity index (χ2v) is 5.35. The largest absolute Gasteiger partial charge is 0.459 e. The van der Waals surface area contributed by atoms with Crippen molar-refractivity contribution in [3.8, 4) is 0 Å². The number of esters is 1. The van der Waals surface area contributed by atoms with Crippen LogP contribution in [-0.4, -0.2) is 32.6 Å². The molecule has 0 aliphatic carbocycles. The van der Waals surface area contributed by atoms with Gasteiger partial charge in [0, 0.05) is 12.3 Å². The number of carbonyl (C=O) groups is 1. The first-order chi connectivity index (χ1) is 10.1. The summed E-state index contributed by atoms with van der Waals surface area (Å²) in [4.78, 5) is 11.4. The van der Waals surface area contributed by atoms with E-state index in [2.05, 4.69) is 15.3 Å². The molecule has 2 aromatic heterocycles. The van der Waals surface area contributed by atoms with Crippen LogP contribution in [0, 0.1) is 6.92 Å². The van der Waals surface area contributed by atoms with Crippen LogP contribution in [0.4, 0.5) is 0 Å². The average Bonchev–Trinajstić information content (AvgIpc) is 3.04. The van der Waals surface area contributed by atoms with E-state index < -0.39 is 5.97 Å². The number of hydrogen-bond acceptors (Lipinski definition) is 7. The number of carbonyl (C=O) groups excluding carboxylic acids is 1. The lowest BCUT2D eigenvalue weighted by Gasteiger charge is -2.02. The van der Waals surface area contributed by atoms with Gasteiger partial charge in [-0.1, -0.05) is 28.5 Å². The minimum absolute atomic E-state index is 0.148. The third-order valence-corrected chi connectivity index (χ3v) is 3.96. The van der Waals surface area contributed by atoms with Gasteiger partial charge in [-0.3, -0.25) is 4.68 Å². The number of aromatic nitrogens is 4. The van der Waals surface area contributed by atoms with Crippen LogP contribution in [0.1, 0.15) is 35.9 Å². The Kier molecular flexibility index (Phi) is 5.24. The van der Waals surface area contributed by atoms with Crippen LogP contribution in [0.3, 0.4) is 0 Å². The lowest BCUT2D eigenvalue weighted by Crippen LogP contribution is -2.04. The molecule has 0 amide bonds. The summed E-state index contributed by atoms with van der Waals surface area (Å²) in [5, 5.41) is 12.7. The highest BCUT2D eigenvalue weighted by Gasteiger charge is 2.18. The molecular formula is C12H15ClN4O3S. The molecule has 9 heteroatoms. The predicted octanol–water partition coefficient (Wildman–Crippen LogP) is 2.72. The van der Waals surface area contributed by atoms with Gasteiger partial charge in [-0.2, -0.15) is 5.10 Å². The molecule has 0 unspecified atom stereocenters. The Morgan fingerprint density at radius 2 is 2.19 bits per heavy atom. The first kappa shape index (κ1) is 15.8. The minimum Gasteiger partial charge on any atom is -0.459 e. The van der Waals surface area contributed by atoms with E-state index >= 15 is 0 Å². The Morgan fingerprint density at radius 1 is 1.43 bits per heavy atom. The number of halogens is 1. The summed E-state index contributed by atoms with van der Waals surface area (Å²) in [5.74, 6) is -0.243. The molecule has 0 N–H and O–H groups in total. The van der Waals surface area contributed by atoms with Crippen LogP contribution in [0.2, 0.25) is 5.02 Å². The Bertz CT molecular complexity index is 640. The molecule has 0 fully saturated rings. The third kappa shape index (κ3) is 3.56. The first-order valence-electron chi connectivity index (χ1n) is 6.42. The summed E-state index contributed by atoms with van der Waals surface area (Å²) in [5.41, 5.74) is 1.67. The van der Waals surface area contributed by atoms with Gasteiger partial charge >= 0.3 is 11.9 Å². The number of aryl methyl sites for hydroxylation is 2. The normalized spacial score (nSPS) is 10.9. The fourth-order valence-corrected chi connectivity index (χ4v) is 2.75. The van der Waals surface area contributed by atoms with Crippen molar-refractivity contribution < 1.29 is 13.9 Å². The molecule has 114 valence electrons. The summed E-state index contributed by atoms with van der Waals surface area (Å²) in [6.07, 6.45) is 0. The van der Waals surface area contributed by atoms with Crippen LogP contribution in [0.15, 0.2) is 9.64 Å². The Hall–Kier alpha value is -1.54. The molecule has 0 atom stereocenters. The fourth-order valence-electron chi connectivity index (χ4n) is 1.68. The predicted molar refractivity (Wildman–Crippen MR) is 77.5 cm³/mol. The van der Waals surface area contributed by atoms with Gasteiger partial charge in [-0.25, -0.2) is 4.79 Å². The summed E-state index contributed by atoms with van der Waals surface area (Å²) >= 11 is 7.51. The molecule has 7 nitrogen and oxygen atoms in total. The zero-order valence-corrected chi connectivity index (χ0v) is 13.5. The Balaban J connectivity index is 2.05. The molecule has 2 rings (SSSR count).